The molecule has 0 bridgehead atoms. The van der Waals surface area contributed by atoms with Crippen molar-refractivity contribution in [2.45, 2.75) is 38.4 Å². The van der Waals surface area contributed by atoms with Gasteiger partial charge in [0.2, 0.25) is 11.8 Å². The minimum absolute atomic E-state index is 0.0476. The van der Waals surface area contributed by atoms with Crippen LogP contribution in [0.15, 0.2) is 60.7 Å². The quantitative estimate of drug-likeness (QED) is 0.920. The lowest BCUT2D eigenvalue weighted by Gasteiger charge is -2.26. The van der Waals surface area contributed by atoms with E-state index in [1.807, 2.05) is 67.6 Å². The minimum atomic E-state index is -0.385. The molecule has 1 aliphatic heterocycles. The maximum absolute atomic E-state index is 12.7. The summed E-state index contributed by atoms with van der Waals surface area (Å²) >= 11 is 0. The monoisotopic (exact) mass is 322 g/mol. The van der Waals surface area contributed by atoms with Gasteiger partial charge in [-0.2, -0.15) is 0 Å². The second kappa shape index (κ2) is 7.30. The van der Waals surface area contributed by atoms with Crippen molar-refractivity contribution in [2.24, 2.45) is 0 Å². The molecular weight excluding hydrogens is 300 g/mol. The Balaban J connectivity index is 1.68. The van der Waals surface area contributed by atoms with E-state index < -0.39 is 0 Å². The van der Waals surface area contributed by atoms with Crippen LogP contribution in [0.4, 0.5) is 0 Å². The Labute approximate surface area is 142 Å². The molecule has 2 aromatic rings. The second-order valence-corrected chi connectivity index (χ2v) is 6.20. The number of rotatable bonds is 5. The average Bonchev–Trinajstić information content (AvgIpc) is 2.97. The number of carbonyl (C=O) groups is 2. The number of likely N-dealkylation sites (tertiary alicyclic amines) is 1. The maximum atomic E-state index is 12.7. The lowest BCUT2D eigenvalue weighted by atomic mass is 10.1. The van der Waals surface area contributed by atoms with Crippen molar-refractivity contribution in [1.29, 1.82) is 0 Å². The molecule has 124 valence electrons. The zero-order valence-electron chi connectivity index (χ0n) is 13.8. The fraction of sp³-hybridized carbons (Fsp3) is 0.300. The molecule has 2 amide bonds. The predicted molar refractivity (Wildman–Crippen MR) is 93.0 cm³/mol. The van der Waals surface area contributed by atoms with Gasteiger partial charge in [0.1, 0.15) is 6.04 Å². The molecule has 1 saturated heterocycles. The molecule has 0 unspecified atom stereocenters. The minimum Gasteiger partial charge on any atom is -0.348 e. The molecule has 1 N–H and O–H groups in total. The van der Waals surface area contributed by atoms with Gasteiger partial charge >= 0.3 is 0 Å². The van der Waals surface area contributed by atoms with E-state index in [0.29, 0.717) is 19.4 Å². The number of hydrogen-bond donors (Lipinski definition) is 1. The SMILES string of the molecule is C[C@H](NC(=O)[C@H]1CCC(=O)N1Cc1ccccc1)c1ccccc1. The highest BCUT2D eigenvalue weighted by molar-refractivity contribution is 5.91. The molecule has 4 nitrogen and oxygen atoms in total. The lowest BCUT2D eigenvalue weighted by molar-refractivity contribution is -0.136. The molecule has 4 heteroatoms. The number of benzene rings is 2. The van der Waals surface area contributed by atoms with E-state index in [-0.39, 0.29) is 23.9 Å². The summed E-state index contributed by atoms with van der Waals surface area (Å²) in [5.74, 6) is -0.0282. The highest BCUT2D eigenvalue weighted by Crippen LogP contribution is 2.23. The van der Waals surface area contributed by atoms with Gasteiger partial charge < -0.3 is 10.2 Å². The van der Waals surface area contributed by atoms with Crippen molar-refractivity contribution in [3.05, 3.63) is 71.8 Å². The van der Waals surface area contributed by atoms with Crippen LogP contribution in [0.3, 0.4) is 0 Å². The first-order chi connectivity index (χ1) is 11.6. The normalized spacial score (nSPS) is 18.5. The van der Waals surface area contributed by atoms with Gasteiger partial charge in [0.05, 0.1) is 6.04 Å². The molecule has 1 fully saturated rings. The third-order valence-corrected chi connectivity index (χ3v) is 4.48. The largest absolute Gasteiger partial charge is 0.348 e. The van der Waals surface area contributed by atoms with E-state index in [4.69, 9.17) is 0 Å². The summed E-state index contributed by atoms with van der Waals surface area (Å²) in [6.45, 7) is 2.45. The Hall–Kier alpha value is -2.62. The molecule has 24 heavy (non-hydrogen) atoms. The average molecular weight is 322 g/mol. The van der Waals surface area contributed by atoms with E-state index in [0.717, 1.165) is 11.1 Å². The topological polar surface area (TPSA) is 49.4 Å². The summed E-state index contributed by atoms with van der Waals surface area (Å²) in [5.41, 5.74) is 2.10. The predicted octanol–water partition coefficient (Wildman–Crippen LogP) is 3.06. The Kier molecular flexibility index (Phi) is 4.94. The van der Waals surface area contributed by atoms with Crippen molar-refractivity contribution in [3.63, 3.8) is 0 Å². The van der Waals surface area contributed by atoms with E-state index in [9.17, 15) is 9.59 Å². The highest BCUT2D eigenvalue weighted by atomic mass is 16.2. The van der Waals surface area contributed by atoms with E-state index in [2.05, 4.69) is 5.32 Å². The van der Waals surface area contributed by atoms with Crippen molar-refractivity contribution in [1.82, 2.24) is 10.2 Å². The molecule has 1 heterocycles. The fourth-order valence-electron chi connectivity index (χ4n) is 3.12. The Morgan fingerprint density at radius 3 is 2.42 bits per heavy atom. The molecule has 0 aromatic heterocycles. The van der Waals surface area contributed by atoms with Crippen molar-refractivity contribution >= 4 is 11.8 Å². The van der Waals surface area contributed by atoms with Crippen LogP contribution in [0.1, 0.15) is 36.9 Å². The van der Waals surface area contributed by atoms with Crippen LogP contribution in [0, 0.1) is 0 Å². The molecule has 2 atom stereocenters. The third-order valence-electron chi connectivity index (χ3n) is 4.48. The lowest BCUT2D eigenvalue weighted by Crippen LogP contribution is -2.45. The van der Waals surface area contributed by atoms with Crippen molar-refractivity contribution in [3.8, 4) is 0 Å². The van der Waals surface area contributed by atoms with Gasteiger partial charge in [-0.15, -0.1) is 0 Å². The summed E-state index contributed by atoms with van der Waals surface area (Å²) in [7, 11) is 0. The molecular formula is C20H22N2O2. The second-order valence-electron chi connectivity index (χ2n) is 6.20. The van der Waals surface area contributed by atoms with Crippen molar-refractivity contribution < 1.29 is 9.59 Å². The molecule has 0 saturated carbocycles. The standard InChI is InChI=1S/C20H22N2O2/c1-15(17-10-6-3-7-11-17)21-20(24)18-12-13-19(23)22(18)14-16-8-4-2-5-9-16/h2-11,15,18H,12-14H2,1H3,(H,21,24)/t15-,18+/m0/s1. The molecule has 0 spiro atoms. The van der Waals surface area contributed by atoms with Crippen LogP contribution in [0.2, 0.25) is 0 Å². The van der Waals surface area contributed by atoms with Gasteiger partial charge in [0, 0.05) is 13.0 Å². The Morgan fingerprint density at radius 1 is 1.12 bits per heavy atom. The van der Waals surface area contributed by atoms with Crippen LogP contribution in [-0.2, 0) is 16.1 Å². The summed E-state index contributed by atoms with van der Waals surface area (Å²) in [5, 5.41) is 3.04. The summed E-state index contributed by atoms with van der Waals surface area (Å²) in [6, 6.07) is 19.2. The van der Waals surface area contributed by atoms with Crippen LogP contribution >= 0.6 is 0 Å². The number of carbonyl (C=O) groups excluding carboxylic acids is 2. The smallest absolute Gasteiger partial charge is 0.243 e. The first kappa shape index (κ1) is 16.2. The molecule has 1 aliphatic rings. The molecule has 0 radical (unpaired) electrons. The van der Waals surface area contributed by atoms with Gasteiger partial charge in [-0.1, -0.05) is 60.7 Å². The summed E-state index contributed by atoms with van der Waals surface area (Å²) in [4.78, 5) is 26.6. The zero-order chi connectivity index (χ0) is 16.9. The number of nitrogens with zero attached hydrogens (tertiary/aromatic N) is 1. The van der Waals surface area contributed by atoms with Crippen LogP contribution < -0.4 is 5.32 Å². The zero-order valence-corrected chi connectivity index (χ0v) is 13.8. The van der Waals surface area contributed by atoms with Crippen LogP contribution in [0.5, 0.6) is 0 Å². The molecule has 2 aromatic carbocycles. The van der Waals surface area contributed by atoms with Crippen LogP contribution in [-0.4, -0.2) is 22.8 Å². The third kappa shape index (κ3) is 3.65. The Bertz CT molecular complexity index is 700. The summed E-state index contributed by atoms with van der Waals surface area (Å²) in [6.07, 6.45) is 1.02. The van der Waals surface area contributed by atoms with E-state index in [1.165, 1.54) is 0 Å². The van der Waals surface area contributed by atoms with E-state index in [1.54, 1.807) is 4.90 Å². The van der Waals surface area contributed by atoms with Gasteiger partial charge in [-0.25, -0.2) is 0 Å². The summed E-state index contributed by atoms with van der Waals surface area (Å²) < 4.78 is 0. The number of hydrogen-bond acceptors (Lipinski definition) is 2. The molecule has 0 aliphatic carbocycles. The van der Waals surface area contributed by atoms with E-state index >= 15 is 0 Å². The fourth-order valence-corrected chi connectivity index (χ4v) is 3.12. The number of nitrogens with one attached hydrogen (secondary N) is 1. The first-order valence-electron chi connectivity index (χ1n) is 8.34. The Morgan fingerprint density at radius 2 is 1.75 bits per heavy atom. The van der Waals surface area contributed by atoms with Crippen LogP contribution in [0.25, 0.3) is 0 Å². The van der Waals surface area contributed by atoms with Gasteiger partial charge in [0.25, 0.3) is 0 Å². The van der Waals surface area contributed by atoms with Gasteiger partial charge in [0.15, 0.2) is 0 Å². The highest BCUT2D eigenvalue weighted by Gasteiger charge is 2.36. The molecule has 3 rings (SSSR count). The number of amides is 2. The van der Waals surface area contributed by atoms with Gasteiger partial charge in [-0.3, -0.25) is 9.59 Å². The maximum Gasteiger partial charge on any atom is 0.243 e. The van der Waals surface area contributed by atoms with Gasteiger partial charge in [-0.05, 0) is 24.5 Å². The van der Waals surface area contributed by atoms with Crippen molar-refractivity contribution in [2.75, 3.05) is 0 Å². The first-order valence-corrected chi connectivity index (χ1v) is 8.34.